The summed E-state index contributed by atoms with van der Waals surface area (Å²) in [4.78, 5) is 2.33. The molecule has 0 fully saturated rings. The van der Waals surface area contributed by atoms with Crippen molar-refractivity contribution in [2.75, 3.05) is 18.4 Å². The Morgan fingerprint density at radius 1 is 1.40 bits per heavy atom. The first kappa shape index (κ1) is 12.7. The molecule has 0 bridgehead atoms. The molecule has 0 saturated heterocycles. The van der Waals surface area contributed by atoms with E-state index in [4.69, 9.17) is 0 Å². The van der Waals surface area contributed by atoms with Crippen LogP contribution in [-0.4, -0.2) is 23.3 Å². The maximum absolute atomic E-state index is 12.9. The summed E-state index contributed by atoms with van der Waals surface area (Å²) in [5, 5.41) is 0.973. The minimum Gasteiger partial charge on any atom is -0.299 e. The Morgan fingerprint density at radius 2 is 2.13 bits per heavy atom. The maximum atomic E-state index is 12.9. The average molecular weight is 274 g/mol. The lowest BCUT2D eigenvalue weighted by molar-refractivity contribution is 0.298. The zero-order chi connectivity index (χ0) is 11.3. The fraction of sp³-hybridized carbons (Fsp3) is 0.500. The van der Waals surface area contributed by atoms with Gasteiger partial charge in [0.15, 0.2) is 0 Å². The predicted molar refractivity (Wildman–Crippen MR) is 65.9 cm³/mol. The highest BCUT2D eigenvalue weighted by molar-refractivity contribution is 9.09. The molecule has 1 rings (SSSR count). The van der Waals surface area contributed by atoms with E-state index in [9.17, 15) is 4.39 Å². The van der Waals surface area contributed by atoms with Crippen molar-refractivity contribution in [3.05, 3.63) is 35.1 Å². The first-order valence-electron chi connectivity index (χ1n) is 5.20. The molecule has 0 atom stereocenters. The Labute approximate surface area is 99.4 Å². The van der Waals surface area contributed by atoms with Crippen molar-refractivity contribution in [2.24, 2.45) is 0 Å². The van der Waals surface area contributed by atoms with Crippen molar-refractivity contribution in [3.63, 3.8) is 0 Å². The maximum Gasteiger partial charge on any atom is 0.123 e. The van der Waals surface area contributed by atoms with Gasteiger partial charge in [0.2, 0.25) is 0 Å². The zero-order valence-electron chi connectivity index (χ0n) is 9.26. The molecule has 1 aromatic carbocycles. The highest BCUT2D eigenvalue weighted by Gasteiger charge is 2.05. The van der Waals surface area contributed by atoms with Crippen molar-refractivity contribution in [3.8, 4) is 0 Å². The molecule has 3 heteroatoms. The van der Waals surface area contributed by atoms with Crippen LogP contribution in [-0.2, 0) is 6.54 Å². The van der Waals surface area contributed by atoms with E-state index >= 15 is 0 Å². The summed E-state index contributed by atoms with van der Waals surface area (Å²) in [6.07, 6.45) is 0. The second kappa shape index (κ2) is 6.23. The largest absolute Gasteiger partial charge is 0.299 e. The lowest BCUT2D eigenvalue weighted by atomic mass is 10.1. The molecule has 0 heterocycles. The Bertz CT molecular complexity index is 314. The Hall–Kier alpha value is -0.410. The number of alkyl halides is 1. The van der Waals surface area contributed by atoms with Gasteiger partial charge in [-0.05, 0) is 36.7 Å². The summed E-state index contributed by atoms with van der Waals surface area (Å²) in [7, 11) is 0. The van der Waals surface area contributed by atoms with Crippen LogP contribution in [0.3, 0.4) is 0 Å². The van der Waals surface area contributed by atoms with Crippen LogP contribution in [0.1, 0.15) is 18.1 Å². The summed E-state index contributed by atoms with van der Waals surface area (Å²) in [5.74, 6) is -0.153. The Kier molecular flexibility index (Phi) is 5.26. The van der Waals surface area contributed by atoms with Crippen LogP contribution in [0.15, 0.2) is 18.2 Å². The SMILES string of the molecule is CCN(CCBr)Cc1ccc(F)cc1C. The number of halogens is 2. The third-order valence-corrected chi connectivity index (χ3v) is 2.90. The van der Waals surface area contributed by atoms with E-state index in [1.807, 2.05) is 13.0 Å². The van der Waals surface area contributed by atoms with Crippen LogP contribution >= 0.6 is 15.9 Å². The third-order valence-electron chi connectivity index (χ3n) is 2.55. The summed E-state index contributed by atoms with van der Waals surface area (Å²) < 4.78 is 12.9. The Morgan fingerprint density at radius 3 is 2.67 bits per heavy atom. The van der Waals surface area contributed by atoms with Gasteiger partial charge in [0.25, 0.3) is 0 Å². The molecule has 0 radical (unpaired) electrons. The molecule has 0 aliphatic carbocycles. The summed E-state index contributed by atoms with van der Waals surface area (Å²) in [6, 6.07) is 5.00. The minimum absolute atomic E-state index is 0.153. The highest BCUT2D eigenvalue weighted by atomic mass is 79.9. The monoisotopic (exact) mass is 273 g/mol. The number of aryl methyl sites for hydroxylation is 1. The highest BCUT2D eigenvalue weighted by Crippen LogP contribution is 2.12. The zero-order valence-corrected chi connectivity index (χ0v) is 10.8. The number of rotatable bonds is 5. The van der Waals surface area contributed by atoms with Gasteiger partial charge in [-0.25, -0.2) is 4.39 Å². The minimum atomic E-state index is -0.153. The second-order valence-electron chi connectivity index (χ2n) is 3.63. The summed E-state index contributed by atoms with van der Waals surface area (Å²) in [5.41, 5.74) is 2.24. The van der Waals surface area contributed by atoms with Gasteiger partial charge in [-0.2, -0.15) is 0 Å². The van der Waals surface area contributed by atoms with Gasteiger partial charge in [-0.3, -0.25) is 4.90 Å². The molecule has 84 valence electrons. The normalized spacial score (nSPS) is 11.0. The van der Waals surface area contributed by atoms with Crippen LogP contribution in [0.25, 0.3) is 0 Å². The molecule has 0 aliphatic heterocycles. The number of hydrogen-bond acceptors (Lipinski definition) is 1. The van der Waals surface area contributed by atoms with E-state index in [1.165, 1.54) is 11.6 Å². The van der Waals surface area contributed by atoms with Crippen molar-refractivity contribution < 1.29 is 4.39 Å². The van der Waals surface area contributed by atoms with Gasteiger partial charge in [0, 0.05) is 18.4 Å². The summed E-state index contributed by atoms with van der Waals surface area (Å²) >= 11 is 3.43. The quantitative estimate of drug-likeness (QED) is 0.744. The van der Waals surface area contributed by atoms with Crippen molar-refractivity contribution >= 4 is 15.9 Å². The molecule has 0 aromatic heterocycles. The molecule has 0 N–H and O–H groups in total. The lowest BCUT2D eigenvalue weighted by Crippen LogP contribution is -2.25. The van der Waals surface area contributed by atoms with Crippen LogP contribution < -0.4 is 0 Å². The van der Waals surface area contributed by atoms with E-state index < -0.39 is 0 Å². The van der Waals surface area contributed by atoms with Crippen LogP contribution in [0.4, 0.5) is 4.39 Å². The molecule has 0 saturated carbocycles. The van der Waals surface area contributed by atoms with Gasteiger partial charge in [0.1, 0.15) is 5.82 Å². The number of nitrogens with zero attached hydrogens (tertiary/aromatic N) is 1. The number of benzene rings is 1. The fourth-order valence-electron chi connectivity index (χ4n) is 1.55. The van der Waals surface area contributed by atoms with Gasteiger partial charge in [0.05, 0.1) is 0 Å². The van der Waals surface area contributed by atoms with E-state index in [0.717, 1.165) is 30.5 Å². The standard InChI is InChI=1S/C12H17BrFN/c1-3-15(7-6-13)9-11-4-5-12(14)8-10(11)2/h4-5,8H,3,6-7,9H2,1-2H3. The Balaban J connectivity index is 2.70. The van der Waals surface area contributed by atoms with Crippen molar-refractivity contribution in [2.45, 2.75) is 20.4 Å². The van der Waals surface area contributed by atoms with Gasteiger partial charge < -0.3 is 0 Å². The topological polar surface area (TPSA) is 3.24 Å². The molecule has 1 aromatic rings. The van der Waals surface area contributed by atoms with Crippen molar-refractivity contribution in [1.29, 1.82) is 0 Å². The van der Waals surface area contributed by atoms with E-state index in [2.05, 4.69) is 27.8 Å². The number of hydrogen-bond donors (Lipinski definition) is 0. The summed E-state index contributed by atoms with van der Waals surface area (Å²) in [6.45, 7) is 7.03. The molecular formula is C12H17BrFN. The molecule has 0 aliphatic rings. The molecule has 0 spiro atoms. The second-order valence-corrected chi connectivity index (χ2v) is 4.42. The van der Waals surface area contributed by atoms with Crippen LogP contribution in [0, 0.1) is 12.7 Å². The molecular weight excluding hydrogens is 257 g/mol. The average Bonchev–Trinajstić information content (AvgIpc) is 2.21. The molecule has 0 unspecified atom stereocenters. The third kappa shape index (κ3) is 3.92. The van der Waals surface area contributed by atoms with Gasteiger partial charge >= 0.3 is 0 Å². The van der Waals surface area contributed by atoms with Crippen LogP contribution in [0.5, 0.6) is 0 Å². The first-order chi connectivity index (χ1) is 7.17. The molecule has 1 nitrogen and oxygen atoms in total. The van der Waals surface area contributed by atoms with Crippen molar-refractivity contribution in [1.82, 2.24) is 4.90 Å². The van der Waals surface area contributed by atoms with Crippen LogP contribution in [0.2, 0.25) is 0 Å². The molecule has 15 heavy (non-hydrogen) atoms. The lowest BCUT2D eigenvalue weighted by Gasteiger charge is -2.20. The first-order valence-corrected chi connectivity index (χ1v) is 6.33. The van der Waals surface area contributed by atoms with Gasteiger partial charge in [-0.15, -0.1) is 0 Å². The van der Waals surface area contributed by atoms with E-state index in [-0.39, 0.29) is 5.82 Å². The smallest absolute Gasteiger partial charge is 0.123 e. The van der Waals surface area contributed by atoms with E-state index in [0.29, 0.717) is 0 Å². The predicted octanol–water partition coefficient (Wildman–Crippen LogP) is 3.35. The van der Waals surface area contributed by atoms with Gasteiger partial charge in [-0.1, -0.05) is 28.9 Å². The molecule has 0 amide bonds. The van der Waals surface area contributed by atoms with E-state index in [1.54, 1.807) is 6.07 Å². The fourth-order valence-corrected chi connectivity index (χ4v) is 2.05.